The van der Waals surface area contributed by atoms with E-state index in [9.17, 15) is 18.3 Å². The Bertz CT molecular complexity index is 1620. The zero-order valence-corrected chi connectivity index (χ0v) is 24.1. The van der Waals surface area contributed by atoms with Gasteiger partial charge in [-0.2, -0.15) is 0 Å². The number of carbonyl (C=O) groups excluding carboxylic acids is 1. The number of pyridine rings is 1. The summed E-state index contributed by atoms with van der Waals surface area (Å²) in [7, 11) is -3.89. The highest BCUT2D eigenvalue weighted by molar-refractivity contribution is 7.89. The van der Waals surface area contributed by atoms with Gasteiger partial charge in [0.15, 0.2) is 0 Å². The zero-order chi connectivity index (χ0) is 29.0. The Morgan fingerprint density at radius 1 is 0.976 bits per heavy atom. The van der Waals surface area contributed by atoms with E-state index in [2.05, 4.69) is 9.71 Å². The maximum absolute atomic E-state index is 13.7. The minimum absolute atomic E-state index is 0.0659. The largest absolute Gasteiger partial charge is 0.391 e. The third-order valence-corrected chi connectivity index (χ3v) is 9.01. The molecule has 1 aromatic heterocycles. The number of nitrogens with one attached hydrogen (secondary N) is 1. The summed E-state index contributed by atoms with van der Waals surface area (Å²) in [6.45, 7) is 4.20. The second-order valence-electron chi connectivity index (χ2n) is 10.5. The normalized spacial score (nSPS) is 16.4. The molecular weight excluding hydrogens is 534 g/mol. The Hall–Kier alpha value is -3.85. The van der Waals surface area contributed by atoms with E-state index in [1.165, 1.54) is 0 Å². The van der Waals surface area contributed by atoms with Gasteiger partial charge in [0.1, 0.15) is 0 Å². The summed E-state index contributed by atoms with van der Waals surface area (Å²) in [5, 5.41) is 10.9. The number of aryl methyl sites for hydroxylation is 3. The molecule has 2 N–H and O–H groups in total. The average Bonchev–Trinajstić information content (AvgIpc) is 3.28. The Labute approximate surface area is 241 Å². The predicted molar refractivity (Wildman–Crippen MR) is 160 cm³/mol. The molecule has 1 heterocycles. The first-order valence-electron chi connectivity index (χ1n) is 13.9. The summed E-state index contributed by atoms with van der Waals surface area (Å²) >= 11 is 0. The molecule has 1 aliphatic rings. The van der Waals surface area contributed by atoms with Crippen molar-refractivity contribution in [2.75, 3.05) is 4.90 Å². The first-order valence-corrected chi connectivity index (χ1v) is 15.4. The molecule has 0 fully saturated rings. The molecule has 0 aliphatic heterocycles. The van der Waals surface area contributed by atoms with Gasteiger partial charge in [0.25, 0.3) is 0 Å². The molecule has 3 aromatic carbocycles. The fourth-order valence-electron chi connectivity index (χ4n) is 5.26. The SMILES string of the molecule is CCc1ccc(S(=O)(=O)NC2c3cc(N(Cc4cccc(C)n4)C(=O)CCc4ccccc4)ccc3CC2O)cc1. The number of aromatic nitrogens is 1. The molecule has 0 saturated carbocycles. The maximum Gasteiger partial charge on any atom is 0.241 e. The molecular formula is C33H35N3O4S. The van der Waals surface area contributed by atoms with E-state index in [-0.39, 0.29) is 17.3 Å². The smallest absolute Gasteiger partial charge is 0.241 e. The number of aliphatic hydroxyl groups is 1. The van der Waals surface area contributed by atoms with Gasteiger partial charge in [-0.3, -0.25) is 9.78 Å². The second-order valence-corrected chi connectivity index (χ2v) is 12.2. The number of aliphatic hydroxyl groups excluding tert-OH is 1. The number of carbonyl (C=O) groups is 1. The lowest BCUT2D eigenvalue weighted by Gasteiger charge is -2.25. The van der Waals surface area contributed by atoms with Gasteiger partial charge in [0.2, 0.25) is 15.9 Å². The van der Waals surface area contributed by atoms with Gasteiger partial charge in [-0.25, -0.2) is 13.1 Å². The van der Waals surface area contributed by atoms with Crippen molar-refractivity contribution < 1.29 is 18.3 Å². The van der Waals surface area contributed by atoms with Crippen LogP contribution in [-0.2, 0) is 40.6 Å². The van der Waals surface area contributed by atoms with Crippen LogP contribution in [0.2, 0.25) is 0 Å². The molecule has 0 saturated heterocycles. The summed E-state index contributed by atoms with van der Waals surface area (Å²) in [6, 6.07) is 27.1. The standard InChI is InChI=1S/C33H35N3O4S/c1-3-24-12-17-29(18-13-24)41(39,40)35-33-30-21-28(16-15-26(30)20-31(33)37)36(22-27-11-7-8-23(2)34-27)32(38)19-14-25-9-5-4-6-10-25/h4-13,15-18,21,31,33,35,37H,3,14,19-20,22H2,1-2H3. The highest BCUT2D eigenvalue weighted by Gasteiger charge is 2.35. The van der Waals surface area contributed by atoms with E-state index in [0.717, 1.165) is 34.5 Å². The average molecular weight is 570 g/mol. The fraction of sp³-hybridized carbons (Fsp3) is 0.273. The quantitative estimate of drug-likeness (QED) is 0.278. The summed E-state index contributed by atoms with van der Waals surface area (Å²) in [6.07, 6.45) is 1.10. The van der Waals surface area contributed by atoms with Crippen LogP contribution >= 0.6 is 0 Å². The van der Waals surface area contributed by atoms with Gasteiger partial charge in [-0.15, -0.1) is 0 Å². The van der Waals surface area contributed by atoms with Gasteiger partial charge < -0.3 is 10.0 Å². The molecule has 0 radical (unpaired) electrons. The third-order valence-electron chi connectivity index (χ3n) is 7.55. The zero-order valence-electron chi connectivity index (χ0n) is 23.3. The highest BCUT2D eigenvalue weighted by atomic mass is 32.2. The van der Waals surface area contributed by atoms with Crippen LogP contribution in [-0.4, -0.2) is 30.5 Å². The number of hydrogen-bond acceptors (Lipinski definition) is 5. The first kappa shape index (κ1) is 28.7. The Kier molecular flexibility index (Phi) is 8.63. The summed E-state index contributed by atoms with van der Waals surface area (Å²) in [4.78, 5) is 20.1. The number of hydrogen-bond donors (Lipinski definition) is 2. The Morgan fingerprint density at radius 3 is 2.44 bits per heavy atom. The lowest BCUT2D eigenvalue weighted by atomic mass is 10.1. The van der Waals surface area contributed by atoms with Crippen LogP contribution in [0.25, 0.3) is 0 Å². The number of amides is 1. The number of fused-ring (bicyclic) bond motifs is 1. The van der Waals surface area contributed by atoms with Crippen LogP contribution in [0.3, 0.4) is 0 Å². The van der Waals surface area contributed by atoms with E-state index < -0.39 is 22.2 Å². The molecule has 8 heteroatoms. The van der Waals surface area contributed by atoms with E-state index in [0.29, 0.717) is 30.5 Å². The summed E-state index contributed by atoms with van der Waals surface area (Å²) in [5.41, 5.74) is 5.88. The van der Waals surface area contributed by atoms with Crippen LogP contribution < -0.4 is 9.62 Å². The molecule has 0 bridgehead atoms. The van der Waals surface area contributed by atoms with Crippen molar-refractivity contribution in [2.24, 2.45) is 0 Å². The van der Waals surface area contributed by atoms with Gasteiger partial charge in [-0.05, 0) is 78.4 Å². The highest BCUT2D eigenvalue weighted by Crippen LogP contribution is 2.36. The lowest BCUT2D eigenvalue weighted by molar-refractivity contribution is -0.118. The van der Waals surface area contributed by atoms with Gasteiger partial charge in [0, 0.05) is 24.2 Å². The van der Waals surface area contributed by atoms with Crippen LogP contribution in [0.4, 0.5) is 5.69 Å². The van der Waals surface area contributed by atoms with Gasteiger partial charge in [-0.1, -0.05) is 61.5 Å². The van der Waals surface area contributed by atoms with Crippen molar-refractivity contribution in [3.05, 3.63) is 125 Å². The fourth-order valence-corrected chi connectivity index (χ4v) is 6.51. The van der Waals surface area contributed by atoms with E-state index in [1.54, 1.807) is 29.2 Å². The molecule has 212 valence electrons. The first-order chi connectivity index (χ1) is 19.7. The van der Waals surface area contributed by atoms with Gasteiger partial charge >= 0.3 is 0 Å². The molecule has 4 aromatic rings. The maximum atomic E-state index is 13.7. The molecule has 2 atom stereocenters. The summed E-state index contributed by atoms with van der Waals surface area (Å²) in [5.74, 6) is -0.0659. The minimum atomic E-state index is -3.89. The number of sulfonamides is 1. The number of nitrogens with zero attached hydrogens (tertiary/aromatic N) is 2. The van der Waals surface area contributed by atoms with E-state index in [4.69, 9.17) is 0 Å². The van der Waals surface area contributed by atoms with E-state index in [1.807, 2.05) is 80.6 Å². The molecule has 1 amide bonds. The lowest BCUT2D eigenvalue weighted by Crippen LogP contribution is -2.34. The molecule has 2 unspecified atom stereocenters. The van der Waals surface area contributed by atoms with Crippen LogP contribution in [0.1, 0.15) is 53.0 Å². The van der Waals surface area contributed by atoms with Crippen molar-refractivity contribution in [3.8, 4) is 0 Å². The second kappa shape index (κ2) is 12.3. The number of rotatable bonds is 10. The Morgan fingerprint density at radius 2 is 1.73 bits per heavy atom. The monoisotopic (exact) mass is 569 g/mol. The van der Waals surface area contributed by atoms with Crippen molar-refractivity contribution in [2.45, 2.75) is 63.1 Å². The molecule has 5 rings (SSSR count). The Balaban J connectivity index is 1.44. The third kappa shape index (κ3) is 6.73. The van der Waals surface area contributed by atoms with Crippen molar-refractivity contribution in [1.29, 1.82) is 0 Å². The minimum Gasteiger partial charge on any atom is -0.391 e. The number of benzene rings is 3. The topological polar surface area (TPSA) is 99.6 Å². The van der Waals surface area contributed by atoms with Crippen LogP contribution in [0.5, 0.6) is 0 Å². The molecule has 0 spiro atoms. The molecule has 1 aliphatic carbocycles. The summed E-state index contributed by atoms with van der Waals surface area (Å²) < 4.78 is 29.3. The van der Waals surface area contributed by atoms with Crippen molar-refractivity contribution >= 4 is 21.6 Å². The van der Waals surface area contributed by atoms with Gasteiger partial charge in [0.05, 0.1) is 29.3 Å². The van der Waals surface area contributed by atoms with Crippen LogP contribution in [0.15, 0.2) is 95.9 Å². The van der Waals surface area contributed by atoms with Crippen molar-refractivity contribution in [1.82, 2.24) is 9.71 Å². The predicted octanol–water partition coefficient (Wildman–Crippen LogP) is 5.06. The molecule has 7 nitrogen and oxygen atoms in total. The van der Waals surface area contributed by atoms with Crippen LogP contribution in [0, 0.1) is 6.92 Å². The van der Waals surface area contributed by atoms with Crippen molar-refractivity contribution in [3.63, 3.8) is 0 Å². The van der Waals surface area contributed by atoms with E-state index >= 15 is 0 Å². The molecule has 41 heavy (non-hydrogen) atoms. The number of anilines is 1.